The van der Waals surface area contributed by atoms with Gasteiger partial charge in [0.25, 0.3) is 0 Å². The SMILES string of the molecule is CCCCCn1c(-c2ccc(Br)cc2)nc2c3ccccc3c3ccccc3c21. The first-order valence-corrected chi connectivity index (χ1v) is 11.1. The van der Waals surface area contributed by atoms with Crippen LogP contribution in [0, 0.1) is 0 Å². The Morgan fingerprint density at radius 3 is 2.07 bits per heavy atom. The molecule has 29 heavy (non-hydrogen) atoms. The van der Waals surface area contributed by atoms with E-state index < -0.39 is 0 Å². The van der Waals surface area contributed by atoms with Gasteiger partial charge in [0.1, 0.15) is 5.82 Å². The number of fused-ring (bicyclic) bond motifs is 6. The first-order chi connectivity index (χ1) is 14.3. The summed E-state index contributed by atoms with van der Waals surface area (Å²) >= 11 is 3.56. The van der Waals surface area contributed by atoms with Gasteiger partial charge in [0.15, 0.2) is 0 Å². The highest BCUT2D eigenvalue weighted by molar-refractivity contribution is 9.10. The molecule has 0 amide bonds. The summed E-state index contributed by atoms with van der Waals surface area (Å²) in [5.41, 5.74) is 3.52. The Hall–Kier alpha value is -2.65. The van der Waals surface area contributed by atoms with Gasteiger partial charge in [-0.05, 0) is 29.3 Å². The van der Waals surface area contributed by atoms with Crippen molar-refractivity contribution in [2.75, 3.05) is 0 Å². The predicted octanol–water partition coefficient (Wildman–Crippen LogP) is 7.96. The fraction of sp³-hybridized carbons (Fsp3) is 0.192. The highest BCUT2D eigenvalue weighted by Crippen LogP contribution is 2.37. The van der Waals surface area contributed by atoms with Crippen LogP contribution < -0.4 is 0 Å². The molecule has 4 aromatic carbocycles. The number of nitrogens with zero attached hydrogens (tertiary/aromatic N) is 2. The number of imidazole rings is 1. The lowest BCUT2D eigenvalue weighted by Crippen LogP contribution is -2.01. The molecule has 0 radical (unpaired) electrons. The largest absolute Gasteiger partial charge is 0.323 e. The zero-order valence-corrected chi connectivity index (χ0v) is 18.1. The Kier molecular flexibility index (Phi) is 4.84. The molecule has 0 saturated heterocycles. The summed E-state index contributed by atoms with van der Waals surface area (Å²) in [6, 6.07) is 25.9. The van der Waals surface area contributed by atoms with Crippen LogP contribution in [-0.4, -0.2) is 9.55 Å². The number of hydrogen-bond acceptors (Lipinski definition) is 1. The first kappa shape index (κ1) is 18.4. The number of benzene rings is 4. The highest BCUT2D eigenvalue weighted by Gasteiger charge is 2.18. The average Bonchev–Trinajstić information content (AvgIpc) is 3.15. The molecular formula is C26H23BrN2. The van der Waals surface area contributed by atoms with Crippen LogP contribution in [0.4, 0.5) is 0 Å². The van der Waals surface area contributed by atoms with E-state index in [1.807, 2.05) is 0 Å². The predicted molar refractivity (Wildman–Crippen MR) is 127 cm³/mol. The third kappa shape index (κ3) is 3.14. The third-order valence-electron chi connectivity index (χ3n) is 5.71. The zero-order chi connectivity index (χ0) is 19.8. The first-order valence-electron chi connectivity index (χ1n) is 10.3. The molecule has 0 spiro atoms. The van der Waals surface area contributed by atoms with Crippen molar-refractivity contribution < 1.29 is 0 Å². The fourth-order valence-corrected chi connectivity index (χ4v) is 4.58. The Morgan fingerprint density at radius 2 is 1.38 bits per heavy atom. The standard InChI is InChI=1S/C26H23BrN2/c1-2-3-8-17-29-25-23-12-7-5-10-21(23)20-9-4-6-11-22(20)24(25)28-26(29)18-13-15-19(27)16-14-18/h4-7,9-16H,2-3,8,17H2,1H3. The summed E-state index contributed by atoms with van der Waals surface area (Å²) in [5.74, 6) is 1.06. The van der Waals surface area contributed by atoms with E-state index in [4.69, 9.17) is 4.98 Å². The second-order valence-electron chi connectivity index (χ2n) is 7.59. The third-order valence-corrected chi connectivity index (χ3v) is 6.24. The number of unbranched alkanes of at least 4 members (excludes halogenated alkanes) is 2. The molecule has 0 N–H and O–H groups in total. The van der Waals surface area contributed by atoms with Crippen LogP contribution in [-0.2, 0) is 6.54 Å². The molecule has 0 aliphatic carbocycles. The van der Waals surface area contributed by atoms with Crippen LogP contribution in [0.1, 0.15) is 26.2 Å². The lowest BCUT2D eigenvalue weighted by Gasteiger charge is -2.12. The van der Waals surface area contributed by atoms with Gasteiger partial charge in [-0.2, -0.15) is 0 Å². The number of aryl methyl sites for hydroxylation is 1. The van der Waals surface area contributed by atoms with Gasteiger partial charge < -0.3 is 4.57 Å². The van der Waals surface area contributed by atoms with Crippen LogP contribution >= 0.6 is 15.9 Å². The Bertz CT molecular complexity index is 1320. The van der Waals surface area contributed by atoms with Crippen molar-refractivity contribution in [2.45, 2.75) is 32.7 Å². The summed E-state index contributed by atoms with van der Waals surface area (Å²) in [5, 5.41) is 5.09. The van der Waals surface area contributed by atoms with Crippen LogP contribution in [0.15, 0.2) is 77.3 Å². The maximum atomic E-state index is 5.22. The van der Waals surface area contributed by atoms with Crippen LogP contribution in [0.5, 0.6) is 0 Å². The molecule has 0 saturated carbocycles. The minimum Gasteiger partial charge on any atom is -0.323 e. The Morgan fingerprint density at radius 1 is 0.759 bits per heavy atom. The molecule has 5 rings (SSSR count). The molecule has 0 atom stereocenters. The fourth-order valence-electron chi connectivity index (χ4n) is 4.32. The van der Waals surface area contributed by atoms with Gasteiger partial charge >= 0.3 is 0 Å². The number of hydrogen-bond donors (Lipinski definition) is 0. The van der Waals surface area contributed by atoms with Crippen LogP contribution in [0.25, 0.3) is 44.0 Å². The molecular weight excluding hydrogens is 420 g/mol. The minimum absolute atomic E-state index is 0.984. The van der Waals surface area contributed by atoms with Crippen molar-refractivity contribution in [1.82, 2.24) is 9.55 Å². The van der Waals surface area contributed by atoms with Crippen LogP contribution in [0.3, 0.4) is 0 Å². The van der Waals surface area contributed by atoms with Gasteiger partial charge in [-0.15, -0.1) is 0 Å². The molecule has 144 valence electrons. The average molecular weight is 443 g/mol. The summed E-state index contributed by atoms with van der Waals surface area (Å²) in [6.45, 7) is 3.24. The van der Waals surface area contributed by atoms with E-state index in [1.54, 1.807) is 0 Å². The zero-order valence-electron chi connectivity index (χ0n) is 16.5. The van der Waals surface area contributed by atoms with Gasteiger partial charge in [-0.3, -0.25) is 0 Å². The minimum atomic E-state index is 0.984. The molecule has 5 aromatic rings. The molecule has 0 fully saturated rings. The topological polar surface area (TPSA) is 17.8 Å². The highest BCUT2D eigenvalue weighted by atomic mass is 79.9. The molecule has 0 bridgehead atoms. The van der Waals surface area contributed by atoms with Crippen molar-refractivity contribution in [3.8, 4) is 11.4 Å². The normalized spacial score (nSPS) is 11.7. The smallest absolute Gasteiger partial charge is 0.141 e. The maximum Gasteiger partial charge on any atom is 0.141 e. The van der Waals surface area contributed by atoms with Gasteiger partial charge in [0.05, 0.1) is 11.0 Å². The maximum absolute atomic E-state index is 5.22. The van der Waals surface area contributed by atoms with E-state index in [0.29, 0.717) is 0 Å². The molecule has 0 aliphatic rings. The second kappa shape index (κ2) is 7.64. The molecule has 1 heterocycles. The van der Waals surface area contributed by atoms with Gasteiger partial charge in [-0.25, -0.2) is 4.98 Å². The van der Waals surface area contributed by atoms with E-state index in [9.17, 15) is 0 Å². The summed E-state index contributed by atoms with van der Waals surface area (Å²) in [6.07, 6.45) is 3.60. The van der Waals surface area contributed by atoms with Gasteiger partial charge in [0, 0.05) is 27.4 Å². The summed E-state index contributed by atoms with van der Waals surface area (Å²) in [7, 11) is 0. The molecule has 0 unspecified atom stereocenters. The lowest BCUT2D eigenvalue weighted by molar-refractivity contribution is 0.618. The summed E-state index contributed by atoms with van der Waals surface area (Å²) < 4.78 is 3.54. The van der Waals surface area contributed by atoms with E-state index in [2.05, 4.69) is 100 Å². The Balaban J connectivity index is 1.89. The quantitative estimate of drug-likeness (QED) is 0.199. The number of aromatic nitrogens is 2. The number of halogens is 1. The second-order valence-corrected chi connectivity index (χ2v) is 8.51. The van der Waals surface area contributed by atoms with E-state index >= 15 is 0 Å². The van der Waals surface area contributed by atoms with Crippen molar-refractivity contribution >= 4 is 48.5 Å². The molecule has 2 nitrogen and oxygen atoms in total. The Labute approximate surface area is 179 Å². The van der Waals surface area contributed by atoms with E-state index in [-0.39, 0.29) is 0 Å². The lowest BCUT2D eigenvalue weighted by atomic mass is 10.00. The van der Waals surface area contributed by atoms with Crippen molar-refractivity contribution in [2.24, 2.45) is 0 Å². The van der Waals surface area contributed by atoms with Crippen molar-refractivity contribution in [3.05, 3.63) is 77.3 Å². The molecule has 0 aliphatic heterocycles. The van der Waals surface area contributed by atoms with E-state index in [1.165, 1.54) is 39.9 Å². The number of rotatable bonds is 5. The van der Waals surface area contributed by atoms with Crippen LogP contribution in [0.2, 0.25) is 0 Å². The molecule has 3 heteroatoms. The van der Waals surface area contributed by atoms with Crippen molar-refractivity contribution in [1.29, 1.82) is 0 Å². The van der Waals surface area contributed by atoms with Crippen molar-refractivity contribution in [3.63, 3.8) is 0 Å². The summed E-state index contributed by atoms with van der Waals surface area (Å²) in [4.78, 5) is 5.22. The van der Waals surface area contributed by atoms with E-state index in [0.717, 1.165) is 34.3 Å². The van der Waals surface area contributed by atoms with Gasteiger partial charge in [-0.1, -0.05) is 96.4 Å². The molecule has 1 aromatic heterocycles. The van der Waals surface area contributed by atoms with Gasteiger partial charge in [0.2, 0.25) is 0 Å². The monoisotopic (exact) mass is 442 g/mol.